The molecule has 1 aliphatic carbocycles. The zero-order chi connectivity index (χ0) is 23.7. The van der Waals surface area contributed by atoms with Gasteiger partial charge in [-0.25, -0.2) is 9.89 Å². The molecule has 1 aliphatic heterocycles. The number of carbonyl (C=O) groups excluding carboxylic acids is 2. The number of aromatic hydroxyl groups is 1. The van der Waals surface area contributed by atoms with Crippen LogP contribution in [-0.2, 0) is 16.1 Å². The normalized spacial score (nSPS) is 16.7. The van der Waals surface area contributed by atoms with E-state index in [9.17, 15) is 19.5 Å². The Morgan fingerprint density at radius 3 is 2.61 bits per heavy atom. The first-order valence-corrected chi connectivity index (χ1v) is 11.3. The maximum atomic E-state index is 13.3. The predicted molar refractivity (Wildman–Crippen MR) is 121 cm³/mol. The van der Waals surface area contributed by atoms with Crippen LogP contribution in [0.5, 0.6) is 5.88 Å². The van der Waals surface area contributed by atoms with Crippen molar-refractivity contribution in [1.29, 1.82) is 0 Å². The first-order valence-electron chi connectivity index (χ1n) is 11.3. The maximum absolute atomic E-state index is 13.3. The van der Waals surface area contributed by atoms with Crippen LogP contribution in [0.1, 0.15) is 42.6 Å². The lowest BCUT2D eigenvalue weighted by Gasteiger charge is -2.25. The number of fused-ring (bicyclic) bond motifs is 1. The van der Waals surface area contributed by atoms with Crippen LogP contribution in [0.25, 0.3) is 11.7 Å². The first-order chi connectivity index (χ1) is 15.8. The Morgan fingerprint density at radius 2 is 2.00 bits per heavy atom. The molecule has 3 heterocycles. The van der Waals surface area contributed by atoms with Gasteiger partial charge < -0.3 is 25.4 Å². The van der Waals surface area contributed by atoms with Gasteiger partial charge in [0.05, 0.1) is 19.8 Å². The van der Waals surface area contributed by atoms with Crippen molar-refractivity contribution in [2.24, 2.45) is 5.92 Å². The second-order valence-corrected chi connectivity index (χ2v) is 8.84. The number of aromatic nitrogens is 3. The van der Waals surface area contributed by atoms with Crippen LogP contribution >= 0.6 is 0 Å². The number of amides is 2. The number of aromatic amines is 1. The molecule has 1 saturated heterocycles. The second kappa shape index (κ2) is 9.26. The van der Waals surface area contributed by atoms with Gasteiger partial charge in [-0.15, -0.1) is 0 Å². The summed E-state index contributed by atoms with van der Waals surface area (Å²) in [4.78, 5) is 40.4. The van der Waals surface area contributed by atoms with E-state index in [0.717, 1.165) is 12.8 Å². The van der Waals surface area contributed by atoms with Gasteiger partial charge >= 0.3 is 17.1 Å². The molecule has 1 saturated carbocycles. The van der Waals surface area contributed by atoms with E-state index in [4.69, 9.17) is 4.74 Å². The van der Waals surface area contributed by atoms with E-state index < -0.39 is 11.5 Å². The van der Waals surface area contributed by atoms with Crippen LogP contribution in [0, 0.1) is 5.92 Å². The maximum Gasteiger partial charge on any atom is 0.378 e. The molecule has 0 unspecified atom stereocenters. The van der Waals surface area contributed by atoms with Gasteiger partial charge in [0.25, 0.3) is 5.91 Å². The molecule has 2 aromatic heterocycles. The highest BCUT2D eigenvalue weighted by molar-refractivity contribution is 5.96. The molecule has 0 bridgehead atoms. The molecule has 2 amide bonds. The summed E-state index contributed by atoms with van der Waals surface area (Å²) in [7, 11) is 1.68. The first kappa shape index (κ1) is 22.8. The quantitative estimate of drug-likeness (QED) is 0.343. The molecule has 4 rings (SSSR count). The average Bonchev–Trinajstić information content (AvgIpc) is 3.52. The highest BCUT2D eigenvalue weighted by Gasteiger charge is 2.35. The number of hydrogen-bond acceptors (Lipinski definition) is 6. The van der Waals surface area contributed by atoms with Crippen molar-refractivity contribution in [1.82, 2.24) is 19.8 Å². The zero-order valence-corrected chi connectivity index (χ0v) is 19.2. The molecular formula is C22H31N6O5+. The second-order valence-electron chi connectivity index (χ2n) is 8.84. The summed E-state index contributed by atoms with van der Waals surface area (Å²) < 4.78 is 8.09. The summed E-state index contributed by atoms with van der Waals surface area (Å²) in [5.41, 5.74) is -0.0638. The Labute approximate surface area is 191 Å². The third-order valence-corrected chi connectivity index (χ3v) is 5.75. The fourth-order valence-corrected chi connectivity index (χ4v) is 3.93. The molecule has 0 aromatic carbocycles. The Hall–Kier alpha value is -3.34. The number of nitrogens with zero attached hydrogens (tertiary/aromatic N) is 3. The van der Waals surface area contributed by atoms with Crippen LogP contribution in [0.2, 0.25) is 0 Å². The number of H-pyrrole nitrogens is 1. The van der Waals surface area contributed by atoms with Crippen molar-refractivity contribution >= 4 is 29.4 Å². The van der Waals surface area contributed by atoms with Crippen LogP contribution in [0.4, 0.5) is 5.82 Å². The molecule has 2 aliphatic rings. The third kappa shape index (κ3) is 4.58. The molecular weight excluding hydrogens is 428 g/mol. The number of morpholine rings is 1. The molecule has 33 heavy (non-hydrogen) atoms. The molecule has 178 valence electrons. The van der Waals surface area contributed by atoms with Gasteiger partial charge in [0, 0.05) is 32.3 Å². The van der Waals surface area contributed by atoms with E-state index in [0.29, 0.717) is 49.9 Å². The van der Waals surface area contributed by atoms with E-state index in [2.05, 4.69) is 15.7 Å². The van der Waals surface area contributed by atoms with Crippen molar-refractivity contribution in [3.8, 4) is 5.88 Å². The predicted octanol–water partition coefficient (Wildman–Crippen LogP) is 0.0826. The third-order valence-electron chi connectivity index (χ3n) is 5.75. The lowest BCUT2D eigenvalue weighted by Crippen LogP contribution is -2.46. The van der Waals surface area contributed by atoms with Gasteiger partial charge in [-0.1, -0.05) is 18.4 Å². The number of anilines is 1. The Kier molecular flexibility index (Phi) is 6.41. The van der Waals surface area contributed by atoms with Gasteiger partial charge in [-0.05, 0) is 24.8 Å². The molecule has 11 heteroatoms. The zero-order valence-electron chi connectivity index (χ0n) is 19.2. The fraction of sp³-hybridized carbons (Fsp3) is 0.545. The number of ether oxygens (including phenoxy) is 1. The van der Waals surface area contributed by atoms with Crippen molar-refractivity contribution in [2.75, 3.05) is 38.7 Å². The Morgan fingerprint density at radius 1 is 1.30 bits per heavy atom. The minimum Gasteiger partial charge on any atom is -0.477 e. The molecule has 2 aromatic rings. The minimum absolute atomic E-state index is 0.0387. The largest absolute Gasteiger partial charge is 0.477 e. The van der Waals surface area contributed by atoms with E-state index in [1.807, 2.05) is 13.8 Å². The lowest BCUT2D eigenvalue weighted by molar-refractivity contribution is -0.686. The molecule has 11 nitrogen and oxygen atoms in total. The molecule has 0 spiro atoms. The van der Waals surface area contributed by atoms with Gasteiger partial charge in [0.15, 0.2) is 5.82 Å². The van der Waals surface area contributed by atoms with Crippen molar-refractivity contribution < 1.29 is 24.0 Å². The summed E-state index contributed by atoms with van der Waals surface area (Å²) in [6, 6.07) is 0.0387. The number of carbonyl (C=O) groups is 2. The minimum atomic E-state index is -0.656. The average molecular weight is 460 g/mol. The van der Waals surface area contributed by atoms with E-state index >= 15 is 0 Å². The Balaban J connectivity index is 1.84. The smallest absolute Gasteiger partial charge is 0.378 e. The Bertz CT molecular complexity index is 1150. The van der Waals surface area contributed by atoms with Crippen LogP contribution < -0.4 is 20.8 Å². The molecule has 0 radical (unpaired) electrons. The van der Waals surface area contributed by atoms with Crippen LogP contribution in [0.15, 0.2) is 10.9 Å². The number of rotatable bonds is 7. The monoisotopic (exact) mass is 459 g/mol. The van der Waals surface area contributed by atoms with Crippen LogP contribution in [-0.4, -0.2) is 70.8 Å². The number of nitrogens with one attached hydrogen (secondary N) is 3. The van der Waals surface area contributed by atoms with Gasteiger partial charge in [0.2, 0.25) is 11.5 Å². The molecule has 2 fully saturated rings. The topological polar surface area (TPSA) is 132 Å². The molecule has 4 N–H and O–H groups in total. The summed E-state index contributed by atoms with van der Waals surface area (Å²) in [6.07, 6.45) is 4.79. The summed E-state index contributed by atoms with van der Waals surface area (Å²) in [5.74, 6) is -0.548. The van der Waals surface area contributed by atoms with Crippen molar-refractivity contribution in [3.05, 3.63) is 27.6 Å². The van der Waals surface area contributed by atoms with E-state index in [1.165, 1.54) is 10.6 Å². The summed E-state index contributed by atoms with van der Waals surface area (Å²) in [5, 5.41) is 19.8. The highest BCUT2D eigenvalue weighted by Crippen LogP contribution is 2.23. The van der Waals surface area contributed by atoms with E-state index in [-0.39, 0.29) is 29.3 Å². The lowest BCUT2D eigenvalue weighted by atomic mass is 10.2. The SMILES string of the molecule is CNc1[nH]n2c(=O)c(C(=O)NC3CC3)c(O)[n+](CC(C)C)c2c1/C=C/C(=O)N1CCOCC1. The van der Waals surface area contributed by atoms with Crippen molar-refractivity contribution in [2.45, 2.75) is 39.3 Å². The highest BCUT2D eigenvalue weighted by atomic mass is 16.5. The van der Waals surface area contributed by atoms with E-state index in [1.54, 1.807) is 22.6 Å². The van der Waals surface area contributed by atoms with Crippen molar-refractivity contribution in [3.63, 3.8) is 0 Å². The number of hydrogen-bond donors (Lipinski definition) is 4. The summed E-state index contributed by atoms with van der Waals surface area (Å²) in [6.45, 7) is 6.34. The standard InChI is InChI=1S/C22H30N6O5/c1-13(2)12-27-20-15(6-7-16(29)26-8-10-33-11-9-26)18(23-3)25-28(20)22(32)17(21(27)31)19(30)24-14-4-5-14/h6-7,13-14H,4-5,8-12H2,1-3H3,(H3,23,24,25,30,31,32)/p+1/b7-6+. The fourth-order valence-electron chi connectivity index (χ4n) is 3.93. The van der Waals surface area contributed by atoms with Crippen LogP contribution in [0.3, 0.4) is 0 Å². The van der Waals surface area contributed by atoms with Gasteiger partial charge in [-0.2, -0.15) is 4.57 Å². The van der Waals surface area contributed by atoms with Gasteiger partial charge in [0.1, 0.15) is 5.56 Å². The molecule has 0 atom stereocenters. The van der Waals surface area contributed by atoms with Gasteiger partial charge in [-0.3, -0.25) is 9.59 Å². The summed E-state index contributed by atoms with van der Waals surface area (Å²) >= 11 is 0.